The number of carboxylic acids is 1. The van der Waals surface area contributed by atoms with Gasteiger partial charge in [0.2, 0.25) is 0 Å². The molecule has 7 heteroatoms. The van der Waals surface area contributed by atoms with Crippen LogP contribution < -0.4 is 5.32 Å². The minimum Gasteiger partial charge on any atom is -0.480 e. The fraction of sp³-hybridized carbons (Fsp3) is 0.400. The van der Waals surface area contributed by atoms with Gasteiger partial charge < -0.3 is 15.4 Å². The number of amides is 1. The summed E-state index contributed by atoms with van der Waals surface area (Å²) in [5, 5.41) is 11.8. The summed E-state index contributed by atoms with van der Waals surface area (Å²) in [6.45, 7) is 0. The Morgan fingerprint density at radius 2 is 2.12 bits per heavy atom. The first kappa shape index (κ1) is 12.3. The average molecular weight is 277 g/mol. The first-order valence-corrected chi connectivity index (χ1v) is 5.82. The van der Waals surface area contributed by atoms with Gasteiger partial charge in [-0.15, -0.1) is 0 Å². The molecule has 0 bridgehead atoms. The molecule has 5 nitrogen and oxygen atoms in total. The smallest absolute Gasteiger partial charge is 0.326 e. The Hall–Kier alpha value is -1.20. The minimum absolute atomic E-state index is 0.0253. The molecule has 1 amide bonds. The SMILES string of the molecule is O=C(NC(C(=O)O)C1CC1)c1cc(Cl)c(Cl)[nH]1. The van der Waals surface area contributed by atoms with Gasteiger partial charge in [-0.25, -0.2) is 4.79 Å². The standard InChI is InChI=1S/C10H10Cl2N2O3/c11-5-3-6(13-8(5)12)9(15)14-7(10(16)17)4-1-2-4/h3-4,7,13H,1-2H2,(H,14,15)(H,16,17). The lowest BCUT2D eigenvalue weighted by molar-refractivity contribution is -0.139. The molecule has 2 rings (SSSR count). The van der Waals surface area contributed by atoms with Crippen molar-refractivity contribution in [1.82, 2.24) is 10.3 Å². The maximum absolute atomic E-state index is 11.7. The molecule has 17 heavy (non-hydrogen) atoms. The second-order valence-electron chi connectivity index (χ2n) is 3.97. The lowest BCUT2D eigenvalue weighted by Crippen LogP contribution is -2.42. The molecular formula is C10H10Cl2N2O3. The van der Waals surface area contributed by atoms with Crippen molar-refractivity contribution >= 4 is 35.1 Å². The molecule has 1 atom stereocenters. The number of nitrogens with one attached hydrogen (secondary N) is 2. The number of hydrogen-bond donors (Lipinski definition) is 3. The first-order valence-electron chi connectivity index (χ1n) is 5.06. The highest BCUT2D eigenvalue weighted by Crippen LogP contribution is 2.33. The van der Waals surface area contributed by atoms with E-state index in [-0.39, 0.29) is 21.8 Å². The second kappa shape index (κ2) is 4.58. The monoisotopic (exact) mass is 276 g/mol. The third kappa shape index (κ3) is 2.73. The Balaban J connectivity index is 2.07. The van der Waals surface area contributed by atoms with Crippen molar-refractivity contribution in [3.63, 3.8) is 0 Å². The summed E-state index contributed by atoms with van der Waals surface area (Å²) in [6.07, 6.45) is 1.65. The molecule has 1 aliphatic rings. The Morgan fingerprint density at radius 3 is 2.53 bits per heavy atom. The van der Waals surface area contributed by atoms with Gasteiger partial charge in [0.15, 0.2) is 0 Å². The van der Waals surface area contributed by atoms with Crippen LogP contribution in [0.3, 0.4) is 0 Å². The summed E-state index contributed by atoms with van der Waals surface area (Å²) in [6, 6.07) is 0.522. The molecule has 0 aliphatic heterocycles. The van der Waals surface area contributed by atoms with Crippen LogP contribution >= 0.6 is 23.2 Å². The highest BCUT2D eigenvalue weighted by molar-refractivity contribution is 6.41. The van der Waals surface area contributed by atoms with Crippen molar-refractivity contribution in [1.29, 1.82) is 0 Å². The first-order chi connectivity index (χ1) is 7.99. The molecule has 1 aromatic heterocycles. The third-order valence-corrected chi connectivity index (χ3v) is 3.31. The topological polar surface area (TPSA) is 82.2 Å². The van der Waals surface area contributed by atoms with Crippen LogP contribution in [0.15, 0.2) is 6.07 Å². The number of aromatic amines is 1. The van der Waals surface area contributed by atoms with Gasteiger partial charge in [0.1, 0.15) is 16.9 Å². The highest BCUT2D eigenvalue weighted by atomic mass is 35.5. The number of halogens is 2. The Bertz CT molecular complexity index is 449. The van der Waals surface area contributed by atoms with Crippen molar-refractivity contribution in [2.75, 3.05) is 0 Å². The Labute approximate surface area is 107 Å². The fourth-order valence-corrected chi connectivity index (χ4v) is 1.87. The van der Waals surface area contributed by atoms with Crippen molar-refractivity contribution in [3.8, 4) is 0 Å². The van der Waals surface area contributed by atoms with Crippen LogP contribution in [0, 0.1) is 5.92 Å². The van der Waals surface area contributed by atoms with Gasteiger partial charge in [-0.2, -0.15) is 0 Å². The van der Waals surface area contributed by atoms with Gasteiger partial charge in [-0.3, -0.25) is 4.79 Å². The van der Waals surface area contributed by atoms with Crippen molar-refractivity contribution in [3.05, 3.63) is 21.9 Å². The summed E-state index contributed by atoms with van der Waals surface area (Å²) in [5.41, 5.74) is 0.159. The van der Waals surface area contributed by atoms with E-state index in [1.54, 1.807) is 0 Å². The van der Waals surface area contributed by atoms with E-state index in [9.17, 15) is 9.59 Å². The summed E-state index contributed by atoms with van der Waals surface area (Å²) in [4.78, 5) is 25.3. The molecule has 0 aromatic carbocycles. The molecular weight excluding hydrogens is 267 g/mol. The van der Waals surface area contributed by atoms with Crippen molar-refractivity contribution < 1.29 is 14.7 Å². The van der Waals surface area contributed by atoms with E-state index in [1.165, 1.54) is 6.07 Å². The molecule has 1 aromatic rings. The van der Waals surface area contributed by atoms with Gasteiger partial charge in [0.25, 0.3) is 5.91 Å². The van der Waals surface area contributed by atoms with Gasteiger partial charge >= 0.3 is 5.97 Å². The van der Waals surface area contributed by atoms with Crippen molar-refractivity contribution in [2.24, 2.45) is 5.92 Å². The van der Waals surface area contributed by atoms with Crippen molar-refractivity contribution in [2.45, 2.75) is 18.9 Å². The summed E-state index contributed by atoms with van der Waals surface area (Å²) < 4.78 is 0. The Morgan fingerprint density at radius 1 is 1.47 bits per heavy atom. The number of carboxylic acid groups (broad SMARTS) is 1. The maximum Gasteiger partial charge on any atom is 0.326 e. The largest absolute Gasteiger partial charge is 0.480 e. The number of aliphatic carboxylic acids is 1. The number of H-pyrrole nitrogens is 1. The normalized spacial score (nSPS) is 16.6. The van der Waals surface area contributed by atoms with E-state index in [0.29, 0.717) is 0 Å². The zero-order valence-corrected chi connectivity index (χ0v) is 10.2. The molecule has 92 valence electrons. The fourth-order valence-electron chi connectivity index (χ4n) is 1.56. The lowest BCUT2D eigenvalue weighted by atomic mass is 10.2. The van der Waals surface area contributed by atoms with Gasteiger partial charge in [-0.1, -0.05) is 23.2 Å². The molecule has 1 aliphatic carbocycles. The zero-order chi connectivity index (χ0) is 12.6. The van der Waals surface area contributed by atoms with E-state index in [0.717, 1.165) is 12.8 Å². The number of rotatable bonds is 4. The quantitative estimate of drug-likeness (QED) is 0.786. The highest BCUT2D eigenvalue weighted by Gasteiger charge is 2.37. The summed E-state index contributed by atoms with van der Waals surface area (Å²) >= 11 is 11.4. The zero-order valence-electron chi connectivity index (χ0n) is 8.67. The Kier molecular flexibility index (Phi) is 3.31. The van der Waals surface area contributed by atoms with E-state index in [4.69, 9.17) is 28.3 Å². The van der Waals surface area contributed by atoms with E-state index >= 15 is 0 Å². The van der Waals surface area contributed by atoms with Gasteiger partial charge in [0, 0.05) is 0 Å². The summed E-state index contributed by atoms with van der Waals surface area (Å²) in [7, 11) is 0. The van der Waals surface area contributed by atoms with Crippen LogP contribution in [0.1, 0.15) is 23.3 Å². The average Bonchev–Trinajstić information content (AvgIpc) is 3.02. The molecule has 1 unspecified atom stereocenters. The molecule has 0 radical (unpaired) electrons. The van der Waals surface area contributed by atoms with Gasteiger partial charge in [-0.05, 0) is 24.8 Å². The van der Waals surface area contributed by atoms with Crippen LogP contribution in [-0.2, 0) is 4.79 Å². The lowest BCUT2D eigenvalue weighted by Gasteiger charge is -2.12. The molecule has 3 N–H and O–H groups in total. The molecule has 1 saturated carbocycles. The number of hydrogen-bond acceptors (Lipinski definition) is 2. The van der Waals surface area contributed by atoms with Crippen LogP contribution in [0.5, 0.6) is 0 Å². The molecule has 1 fully saturated rings. The second-order valence-corrected chi connectivity index (χ2v) is 4.76. The maximum atomic E-state index is 11.7. The van der Waals surface area contributed by atoms with E-state index in [1.807, 2.05) is 0 Å². The van der Waals surface area contributed by atoms with Crippen LogP contribution in [-0.4, -0.2) is 28.0 Å². The predicted molar refractivity (Wildman–Crippen MR) is 62.4 cm³/mol. The molecule has 0 spiro atoms. The number of aromatic nitrogens is 1. The molecule has 1 heterocycles. The third-order valence-electron chi connectivity index (χ3n) is 2.62. The van der Waals surface area contributed by atoms with Crippen LogP contribution in [0.4, 0.5) is 0 Å². The number of carbonyl (C=O) groups excluding carboxylic acids is 1. The minimum atomic E-state index is -1.02. The van der Waals surface area contributed by atoms with Crippen LogP contribution in [0.2, 0.25) is 10.2 Å². The summed E-state index contributed by atoms with van der Waals surface area (Å²) in [5.74, 6) is -1.51. The predicted octanol–water partition coefficient (Wildman–Crippen LogP) is 1.91. The molecule has 0 saturated heterocycles. The van der Waals surface area contributed by atoms with E-state index < -0.39 is 17.9 Å². The number of carbonyl (C=O) groups is 2. The van der Waals surface area contributed by atoms with Gasteiger partial charge in [0.05, 0.1) is 5.02 Å². The van der Waals surface area contributed by atoms with E-state index in [2.05, 4.69) is 10.3 Å². The van der Waals surface area contributed by atoms with Crippen LogP contribution in [0.25, 0.3) is 0 Å².